The molecule has 0 aliphatic heterocycles. The van der Waals surface area contributed by atoms with Crippen molar-refractivity contribution in [1.82, 2.24) is 0 Å². The van der Waals surface area contributed by atoms with Gasteiger partial charge in [-0.2, -0.15) is 0 Å². The molecule has 1 aromatic carbocycles. The van der Waals surface area contributed by atoms with Crippen molar-refractivity contribution >= 4 is 5.78 Å². The largest absolute Gasteiger partial charge is 0.384 e. The number of carbonyl (C=O) groups excluding carboxylic acids is 1. The molecule has 0 N–H and O–H groups in total. The summed E-state index contributed by atoms with van der Waals surface area (Å²) < 4.78 is 5.33. The molecule has 0 fully saturated rings. The second kappa shape index (κ2) is 6.33. The lowest BCUT2D eigenvalue weighted by atomic mass is 9.76. The van der Waals surface area contributed by atoms with Crippen molar-refractivity contribution in [2.24, 2.45) is 5.92 Å². The van der Waals surface area contributed by atoms with E-state index in [-0.39, 0.29) is 5.78 Å². The fourth-order valence-corrected chi connectivity index (χ4v) is 3.27. The molecule has 104 valence electrons. The summed E-state index contributed by atoms with van der Waals surface area (Å²) in [6.45, 7) is 4.81. The summed E-state index contributed by atoms with van der Waals surface area (Å²) in [6, 6.07) is 6.57. The molecule has 1 aliphatic carbocycles. The van der Waals surface area contributed by atoms with E-state index in [1.54, 1.807) is 14.0 Å². The zero-order chi connectivity index (χ0) is 13.8. The van der Waals surface area contributed by atoms with Gasteiger partial charge < -0.3 is 9.53 Å². The van der Waals surface area contributed by atoms with Gasteiger partial charge in [0, 0.05) is 20.1 Å². The molecule has 2 heteroatoms. The third-order valence-corrected chi connectivity index (χ3v) is 4.17. The monoisotopic (exact) mass is 260 g/mol. The third-order valence-electron chi connectivity index (χ3n) is 4.17. The Bertz CT molecular complexity index is 451. The van der Waals surface area contributed by atoms with Crippen LogP contribution in [0.2, 0.25) is 0 Å². The van der Waals surface area contributed by atoms with Crippen LogP contribution in [0.4, 0.5) is 0 Å². The van der Waals surface area contributed by atoms with Gasteiger partial charge in [-0.3, -0.25) is 0 Å². The first kappa shape index (κ1) is 14.3. The van der Waals surface area contributed by atoms with E-state index in [2.05, 4.69) is 25.1 Å². The summed E-state index contributed by atoms with van der Waals surface area (Å²) in [6.07, 6.45) is 3.84. The van der Waals surface area contributed by atoms with Crippen LogP contribution in [-0.2, 0) is 22.4 Å². The summed E-state index contributed by atoms with van der Waals surface area (Å²) in [7, 11) is 1.78. The van der Waals surface area contributed by atoms with Crippen molar-refractivity contribution in [2.45, 2.75) is 45.4 Å². The molecule has 1 aromatic rings. The summed E-state index contributed by atoms with van der Waals surface area (Å²) in [5.74, 6) is 1.49. The van der Waals surface area contributed by atoms with Crippen molar-refractivity contribution in [2.75, 3.05) is 13.7 Å². The van der Waals surface area contributed by atoms with Crippen molar-refractivity contribution < 1.29 is 9.53 Å². The molecular weight excluding hydrogens is 236 g/mol. The highest BCUT2D eigenvalue weighted by Gasteiger charge is 2.25. The van der Waals surface area contributed by atoms with E-state index in [1.807, 2.05) is 0 Å². The van der Waals surface area contributed by atoms with E-state index in [9.17, 15) is 4.79 Å². The minimum absolute atomic E-state index is 0.273. The number of hydrogen-bond donors (Lipinski definition) is 0. The lowest BCUT2D eigenvalue weighted by Crippen LogP contribution is -2.22. The van der Waals surface area contributed by atoms with E-state index in [4.69, 9.17) is 4.74 Å². The number of fused-ring (bicyclic) bond motifs is 1. The van der Waals surface area contributed by atoms with Crippen LogP contribution in [-0.4, -0.2) is 19.5 Å². The molecule has 0 heterocycles. The zero-order valence-electron chi connectivity index (χ0n) is 12.2. The zero-order valence-corrected chi connectivity index (χ0v) is 12.2. The lowest BCUT2D eigenvalue weighted by molar-refractivity contribution is -0.116. The predicted molar refractivity (Wildman–Crippen MR) is 77.5 cm³/mol. The number of aryl methyl sites for hydroxylation is 1. The maximum Gasteiger partial charge on any atom is 0.130 e. The number of ether oxygens (including phenoxy) is 1. The Morgan fingerprint density at radius 2 is 2.21 bits per heavy atom. The predicted octanol–water partition coefficient (Wildman–Crippen LogP) is 3.52. The first-order valence-corrected chi connectivity index (χ1v) is 7.20. The number of hydrogen-bond acceptors (Lipinski definition) is 2. The Morgan fingerprint density at radius 1 is 1.42 bits per heavy atom. The van der Waals surface area contributed by atoms with Gasteiger partial charge in [0.25, 0.3) is 0 Å². The Balaban J connectivity index is 2.23. The van der Waals surface area contributed by atoms with E-state index in [1.165, 1.54) is 23.1 Å². The Labute approximate surface area is 116 Å². The normalized spacial score (nSPS) is 22.1. The number of rotatable bonds is 5. The Kier molecular flexibility index (Phi) is 4.76. The molecule has 0 bridgehead atoms. The topological polar surface area (TPSA) is 26.3 Å². The number of Topliss-reactive ketones (excluding diaryl/α,β-unsaturated/α-hetero) is 1. The van der Waals surface area contributed by atoms with E-state index < -0.39 is 0 Å². The van der Waals surface area contributed by atoms with Gasteiger partial charge in [0.1, 0.15) is 5.78 Å². The molecular formula is C17H24O2. The molecule has 0 unspecified atom stereocenters. The minimum Gasteiger partial charge on any atom is -0.384 e. The molecule has 0 saturated heterocycles. The maximum absolute atomic E-state index is 11.2. The first-order valence-electron chi connectivity index (χ1n) is 7.20. The van der Waals surface area contributed by atoms with Crippen LogP contribution in [0.25, 0.3) is 0 Å². The average Bonchev–Trinajstić information content (AvgIpc) is 2.37. The SMILES string of the molecule is COC[C@H]1Cc2c(CCC(C)=O)cccc2[C@H](C)C1. The minimum atomic E-state index is 0.273. The summed E-state index contributed by atoms with van der Waals surface area (Å²) in [5, 5.41) is 0. The number of benzene rings is 1. The van der Waals surface area contributed by atoms with E-state index in [0.717, 1.165) is 19.4 Å². The lowest BCUT2D eigenvalue weighted by Gasteiger charge is -2.31. The van der Waals surface area contributed by atoms with Gasteiger partial charge in [-0.05, 0) is 54.7 Å². The molecule has 0 spiro atoms. The van der Waals surface area contributed by atoms with Crippen LogP contribution in [0, 0.1) is 5.92 Å². The second-order valence-corrected chi connectivity index (χ2v) is 5.85. The number of carbonyl (C=O) groups is 1. The quantitative estimate of drug-likeness (QED) is 0.809. The van der Waals surface area contributed by atoms with Crippen molar-refractivity contribution in [3.05, 3.63) is 34.9 Å². The molecule has 0 amide bonds. The van der Waals surface area contributed by atoms with Gasteiger partial charge in [-0.15, -0.1) is 0 Å². The summed E-state index contributed by atoms with van der Waals surface area (Å²) in [4.78, 5) is 11.2. The van der Waals surface area contributed by atoms with Crippen LogP contribution >= 0.6 is 0 Å². The van der Waals surface area contributed by atoms with Crippen LogP contribution in [0.1, 0.15) is 49.3 Å². The van der Waals surface area contributed by atoms with Crippen LogP contribution < -0.4 is 0 Å². The van der Waals surface area contributed by atoms with E-state index >= 15 is 0 Å². The fourth-order valence-electron chi connectivity index (χ4n) is 3.27. The number of ketones is 1. The van der Waals surface area contributed by atoms with Crippen molar-refractivity contribution in [3.63, 3.8) is 0 Å². The summed E-state index contributed by atoms with van der Waals surface area (Å²) in [5.41, 5.74) is 4.32. The van der Waals surface area contributed by atoms with Gasteiger partial charge >= 0.3 is 0 Å². The van der Waals surface area contributed by atoms with Crippen molar-refractivity contribution in [1.29, 1.82) is 0 Å². The van der Waals surface area contributed by atoms with Gasteiger partial charge in [-0.25, -0.2) is 0 Å². The number of methoxy groups -OCH3 is 1. The molecule has 2 atom stereocenters. The van der Waals surface area contributed by atoms with Crippen LogP contribution in [0.15, 0.2) is 18.2 Å². The Hall–Kier alpha value is -1.15. The van der Waals surface area contributed by atoms with Gasteiger partial charge in [0.05, 0.1) is 0 Å². The molecule has 2 rings (SSSR count). The highest BCUT2D eigenvalue weighted by Crippen LogP contribution is 2.36. The maximum atomic E-state index is 11.2. The first-order chi connectivity index (χ1) is 9.11. The highest BCUT2D eigenvalue weighted by molar-refractivity contribution is 5.75. The average molecular weight is 260 g/mol. The highest BCUT2D eigenvalue weighted by atomic mass is 16.5. The second-order valence-electron chi connectivity index (χ2n) is 5.85. The van der Waals surface area contributed by atoms with Crippen LogP contribution in [0.5, 0.6) is 0 Å². The molecule has 1 aliphatic rings. The standard InChI is InChI=1S/C17H24O2/c1-12-9-14(11-19-3)10-17-15(8-7-13(2)18)5-4-6-16(12)17/h4-6,12,14H,7-11H2,1-3H3/t12-,14-/m1/s1. The van der Waals surface area contributed by atoms with E-state index in [0.29, 0.717) is 18.3 Å². The molecule has 2 nitrogen and oxygen atoms in total. The van der Waals surface area contributed by atoms with Gasteiger partial charge in [0.2, 0.25) is 0 Å². The van der Waals surface area contributed by atoms with Crippen molar-refractivity contribution in [3.8, 4) is 0 Å². The van der Waals surface area contributed by atoms with Gasteiger partial charge in [-0.1, -0.05) is 25.1 Å². The molecule has 0 aromatic heterocycles. The molecule has 19 heavy (non-hydrogen) atoms. The fraction of sp³-hybridized carbons (Fsp3) is 0.588. The smallest absolute Gasteiger partial charge is 0.130 e. The molecule has 0 radical (unpaired) electrons. The molecule has 0 saturated carbocycles. The van der Waals surface area contributed by atoms with Gasteiger partial charge in [0.15, 0.2) is 0 Å². The Morgan fingerprint density at radius 3 is 2.89 bits per heavy atom. The van der Waals surface area contributed by atoms with Crippen LogP contribution in [0.3, 0.4) is 0 Å². The third kappa shape index (κ3) is 3.44. The summed E-state index contributed by atoms with van der Waals surface area (Å²) >= 11 is 0.